The number of aromatic nitrogens is 1. The van der Waals surface area contributed by atoms with Gasteiger partial charge in [-0.05, 0) is 36.8 Å². The van der Waals surface area contributed by atoms with Gasteiger partial charge >= 0.3 is 12.1 Å². The van der Waals surface area contributed by atoms with E-state index in [0.717, 1.165) is 17.7 Å². The Morgan fingerprint density at radius 1 is 0.974 bits per heavy atom. The molecule has 1 N–H and O–H groups in total. The molecule has 0 radical (unpaired) electrons. The van der Waals surface area contributed by atoms with Crippen molar-refractivity contribution >= 4 is 29.4 Å². The lowest BCUT2D eigenvalue weighted by atomic mass is 9.99. The van der Waals surface area contributed by atoms with Crippen LogP contribution in [0.4, 0.5) is 18.9 Å². The minimum atomic E-state index is -4.45. The number of aryl methyl sites for hydroxylation is 1. The molecule has 0 bridgehead atoms. The predicted octanol–water partition coefficient (Wildman–Crippen LogP) is 4.73. The number of amides is 1. The van der Waals surface area contributed by atoms with Crippen molar-refractivity contribution in [2.45, 2.75) is 13.1 Å². The smallest absolute Gasteiger partial charge is 0.416 e. The fraction of sp³-hybridized carbons (Fsp3) is 0.250. The molecule has 0 spiro atoms. The molecule has 2 aromatic carbocycles. The molecular weight excluding hydrogens is 499 g/mol. The number of aromatic amines is 1. The number of nitrogens with zero attached hydrogens (tertiary/aromatic N) is 2. The van der Waals surface area contributed by atoms with Crippen LogP contribution in [0.1, 0.15) is 27.2 Å². The third kappa shape index (κ3) is 5.64. The number of nitrogens with one attached hydrogen (secondary N) is 1. The normalized spacial score (nSPS) is 14.1. The van der Waals surface area contributed by atoms with E-state index in [4.69, 9.17) is 0 Å². The molecule has 3 aromatic rings. The first kappa shape index (κ1) is 26.7. The molecule has 10 heteroatoms. The number of methoxy groups -OCH3 is 1. The molecule has 0 aliphatic carbocycles. The molecular formula is C28H26F3N3O4. The Kier molecular flexibility index (Phi) is 7.70. The van der Waals surface area contributed by atoms with E-state index in [-0.39, 0.29) is 31.7 Å². The van der Waals surface area contributed by atoms with Gasteiger partial charge in [0.15, 0.2) is 0 Å². The quantitative estimate of drug-likeness (QED) is 0.218. The summed E-state index contributed by atoms with van der Waals surface area (Å²) < 4.78 is 44.0. The second kappa shape index (κ2) is 11.0. The van der Waals surface area contributed by atoms with E-state index in [1.54, 1.807) is 17.9 Å². The highest BCUT2D eigenvalue weighted by Crippen LogP contribution is 2.33. The van der Waals surface area contributed by atoms with Gasteiger partial charge in [-0.1, -0.05) is 36.4 Å². The summed E-state index contributed by atoms with van der Waals surface area (Å²) in [6.07, 6.45) is -1.82. The molecule has 0 saturated carbocycles. The van der Waals surface area contributed by atoms with Crippen LogP contribution in [0.5, 0.6) is 0 Å². The van der Waals surface area contributed by atoms with Crippen LogP contribution in [0.25, 0.3) is 17.3 Å². The first-order valence-corrected chi connectivity index (χ1v) is 11.9. The topological polar surface area (TPSA) is 82.7 Å². The van der Waals surface area contributed by atoms with Crippen molar-refractivity contribution in [2.75, 3.05) is 38.2 Å². The number of hydrogen-bond acceptors (Lipinski definition) is 5. The van der Waals surface area contributed by atoms with Crippen molar-refractivity contribution < 1.29 is 32.3 Å². The van der Waals surface area contributed by atoms with Crippen LogP contribution in [0, 0.1) is 6.92 Å². The van der Waals surface area contributed by atoms with Crippen LogP contribution in [0.2, 0.25) is 0 Å². The van der Waals surface area contributed by atoms with Crippen LogP contribution in [-0.4, -0.2) is 60.8 Å². The molecule has 1 fully saturated rings. The minimum Gasteiger partial charge on any atom is -0.466 e. The van der Waals surface area contributed by atoms with Crippen LogP contribution in [-0.2, 0) is 20.5 Å². The molecule has 7 nitrogen and oxygen atoms in total. The first-order valence-electron chi connectivity index (χ1n) is 11.9. The molecule has 1 aliphatic heterocycles. The summed E-state index contributed by atoms with van der Waals surface area (Å²) in [6.45, 7) is 2.56. The monoisotopic (exact) mass is 525 g/mol. The molecule has 0 unspecified atom stereocenters. The zero-order valence-corrected chi connectivity index (χ0v) is 20.8. The van der Waals surface area contributed by atoms with Crippen molar-refractivity contribution in [1.82, 2.24) is 9.88 Å². The van der Waals surface area contributed by atoms with Crippen molar-refractivity contribution in [3.05, 3.63) is 83.1 Å². The fourth-order valence-corrected chi connectivity index (χ4v) is 4.45. The Labute approximate surface area is 217 Å². The average Bonchev–Trinajstić information content (AvgIpc) is 3.26. The van der Waals surface area contributed by atoms with Crippen LogP contribution in [0.3, 0.4) is 0 Å². The number of rotatable bonds is 6. The highest BCUT2D eigenvalue weighted by atomic mass is 19.4. The molecule has 4 rings (SSSR count). The lowest BCUT2D eigenvalue weighted by Gasteiger charge is -2.36. The zero-order valence-electron chi connectivity index (χ0n) is 20.8. The number of carbonyl (C=O) groups excluding carboxylic acids is 3. The van der Waals surface area contributed by atoms with E-state index in [0.29, 0.717) is 22.6 Å². The molecule has 38 heavy (non-hydrogen) atoms. The summed E-state index contributed by atoms with van der Waals surface area (Å²) in [5.41, 5.74) is 2.01. The summed E-state index contributed by atoms with van der Waals surface area (Å²) in [4.78, 5) is 44.8. The van der Waals surface area contributed by atoms with Gasteiger partial charge in [0.25, 0.3) is 11.7 Å². The van der Waals surface area contributed by atoms with E-state index in [2.05, 4.69) is 9.72 Å². The summed E-state index contributed by atoms with van der Waals surface area (Å²) in [5, 5.41) is 0. The summed E-state index contributed by atoms with van der Waals surface area (Å²) >= 11 is 0. The largest absolute Gasteiger partial charge is 0.466 e. The number of hydrogen-bond donors (Lipinski definition) is 1. The average molecular weight is 526 g/mol. The predicted molar refractivity (Wildman–Crippen MR) is 137 cm³/mol. The van der Waals surface area contributed by atoms with Gasteiger partial charge in [0, 0.05) is 49.2 Å². The molecule has 2 heterocycles. The van der Waals surface area contributed by atoms with Crippen LogP contribution >= 0.6 is 0 Å². The first-order chi connectivity index (χ1) is 18.1. The Balaban J connectivity index is 1.56. The van der Waals surface area contributed by atoms with Gasteiger partial charge in [-0.25, -0.2) is 4.79 Å². The minimum absolute atomic E-state index is 0.148. The van der Waals surface area contributed by atoms with Gasteiger partial charge in [0.1, 0.15) is 0 Å². The van der Waals surface area contributed by atoms with E-state index in [1.165, 1.54) is 30.2 Å². The maximum absolute atomic E-state index is 13.5. The number of piperazine rings is 1. The molecule has 0 atom stereocenters. The van der Waals surface area contributed by atoms with Crippen molar-refractivity contribution in [3.63, 3.8) is 0 Å². The van der Waals surface area contributed by atoms with Gasteiger partial charge in [0.2, 0.25) is 0 Å². The number of alkyl halides is 3. The second-order valence-corrected chi connectivity index (χ2v) is 8.79. The van der Waals surface area contributed by atoms with Gasteiger partial charge in [-0.3, -0.25) is 9.59 Å². The van der Waals surface area contributed by atoms with Crippen molar-refractivity contribution in [3.8, 4) is 11.3 Å². The van der Waals surface area contributed by atoms with E-state index in [1.807, 2.05) is 30.3 Å². The second-order valence-electron chi connectivity index (χ2n) is 8.79. The van der Waals surface area contributed by atoms with Crippen molar-refractivity contribution in [1.29, 1.82) is 0 Å². The molecule has 1 saturated heterocycles. The Hall–Kier alpha value is -4.34. The van der Waals surface area contributed by atoms with E-state index in [9.17, 15) is 27.6 Å². The molecule has 1 aliphatic rings. The Bertz CT molecular complexity index is 1370. The number of H-pyrrole nitrogens is 1. The lowest BCUT2D eigenvalue weighted by Crippen LogP contribution is -2.50. The van der Waals surface area contributed by atoms with Gasteiger partial charge in [-0.15, -0.1) is 0 Å². The number of esters is 1. The van der Waals surface area contributed by atoms with Crippen LogP contribution < -0.4 is 4.90 Å². The Morgan fingerprint density at radius 2 is 1.66 bits per heavy atom. The standard InChI is InChI=1S/C28H26F3N3O4/c1-18-24(22(11-12-23(35)38-2)25(32-18)19-7-4-3-5-8-19)26(36)27(37)34-15-13-33(14-16-34)21-10-6-9-20(17-21)28(29,30)31/h3-12,17,32H,13-16H2,1-2H3. The van der Waals surface area contributed by atoms with Crippen LogP contribution in [0.15, 0.2) is 60.7 Å². The van der Waals surface area contributed by atoms with Crippen molar-refractivity contribution in [2.24, 2.45) is 0 Å². The third-order valence-electron chi connectivity index (χ3n) is 6.40. The summed E-state index contributed by atoms with van der Waals surface area (Å²) in [7, 11) is 1.24. The highest BCUT2D eigenvalue weighted by Gasteiger charge is 2.33. The maximum Gasteiger partial charge on any atom is 0.416 e. The number of halogens is 3. The number of carbonyl (C=O) groups is 3. The fourth-order valence-electron chi connectivity index (χ4n) is 4.45. The summed E-state index contributed by atoms with van der Waals surface area (Å²) in [5.74, 6) is -2.07. The Morgan fingerprint density at radius 3 is 2.29 bits per heavy atom. The van der Waals surface area contributed by atoms with E-state index >= 15 is 0 Å². The lowest BCUT2D eigenvalue weighted by molar-refractivity contribution is -0.137. The number of Topliss-reactive ketones (excluding diaryl/α,β-unsaturated/α-hetero) is 1. The summed E-state index contributed by atoms with van der Waals surface area (Å²) in [6, 6.07) is 14.2. The molecule has 1 amide bonds. The number of ether oxygens (including phenoxy) is 1. The number of ketones is 1. The number of anilines is 1. The molecule has 198 valence electrons. The highest BCUT2D eigenvalue weighted by molar-refractivity contribution is 6.44. The van der Waals surface area contributed by atoms with E-state index < -0.39 is 29.4 Å². The molecule has 1 aromatic heterocycles. The SMILES string of the molecule is COC(=O)C=Cc1c(-c2ccccc2)[nH]c(C)c1C(=O)C(=O)N1CCN(c2cccc(C(F)(F)F)c2)CC1. The van der Waals surface area contributed by atoms with Gasteiger partial charge in [0.05, 0.1) is 23.9 Å². The third-order valence-corrected chi connectivity index (χ3v) is 6.40. The van der Waals surface area contributed by atoms with Gasteiger partial charge in [-0.2, -0.15) is 13.2 Å². The maximum atomic E-state index is 13.5. The number of benzene rings is 2. The zero-order chi connectivity index (χ0) is 27.4. The van der Waals surface area contributed by atoms with Gasteiger partial charge < -0.3 is 19.5 Å².